The van der Waals surface area contributed by atoms with Gasteiger partial charge in [-0.25, -0.2) is 0 Å². The van der Waals surface area contributed by atoms with Crippen molar-refractivity contribution in [1.82, 2.24) is 5.32 Å². The third-order valence-corrected chi connectivity index (χ3v) is 3.75. The Morgan fingerprint density at radius 3 is 2.11 bits per heavy atom. The highest BCUT2D eigenvalue weighted by Crippen LogP contribution is 2.15. The fraction of sp³-hybridized carbons (Fsp3) is 0.625. The minimum absolute atomic E-state index is 0.558. The van der Waals surface area contributed by atoms with E-state index in [4.69, 9.17) is 0 Å². The molecule has 0 amide bonds. The molecular formula is C16H27NO. The van der Waals surface area contributed by atoms with Crippen LogP contribution in [0.1, 0.15) is 57.6 Å². The molecule has 0 radical (unpaired) electrons. The molecule has 0 saturated carbocycles. The van der Waals surface area contributed by atoms with Crippen LogP contribution in [-0.4, -0.2) is 17.3 Å². The van der Waals surface area contributed by atoms with Crippen molar-refractivity contribution >= 4 is 0 Å². The third kappa shape index (κ3) is 4.43. The second kappa shape index (κ2) is 6.91. The van der Waals surface area contributed by atoms with Gasteiger partial charge in [0.25, 0.3) is 0 Å². The smallest absolute Gasteiger partial charge is 0.0766 e. The van der Waals surface area contributed by atoms with Gasteiger partial charge in [-0.1, -0.05) is 52.0 Å². The van der Waals surface area contributed by atoms with Crippen LogP contribution in [0.15, 0.2) is 24.3 Å². The molecule has 0 saturated heterocycles. The molecule has 2 nitrogen and oxygen atoms in total. The number of aliphatic hydroxyl groups is 1. The molecule has 0 unspecified atom stereocenters. The molecule has 0 heterocycles. The molecular weight excluding hydrogens is 222 g/mol. The largest absolute Gasteiger partial charge is 0.389 e. The highest BCUT2D eigenvalue weighted by atomic mass is 16.3. The van der Waals surface area contributed by atoms with E-state index in [1.54, 1.807) is 0 Å². The van der Waals surface area contributed by atoms with Crippen molar-refractivity contribution in [3.63, 3.8) is 0 Å². The second-order valence-corrected chi connectivity index (χ2v) is 5.43. The fourth-order valence-corrected chi connectivity index (χ4v) is 1.96. The first kappa shape index (κ1) is 15.2. The maximum Gasteiger partial charge on any atom is 0.0766 e. The zero-order valence-corrected chi connectivity index (χ0v) is 12.2. The highest BCUT2D eigenvalue weighted by Gasteiger charge is 2.20. The van der Waals surface area contributed by atoms with E-state index in [-0.39, 0.29) is 0 Å². The minimum Gasteiger partial charge on any atom is -0.389 e. The molecule has 0 aliphatic heterocycles. The van der Waals surface area contributed by atoms with Crippen LogP contribution in [0, 0.1) is 0 Å². The van der Waals surface area contributed by atoms with Gasteiger partial charge in [0, 0.05) is 13.1 Å². The topological polar surface area (TPSA) is 32.3 Å². The zero-order valence-electron chi connectivity index (χ0n) is 12.2. The Morgan fingerprint density at radius 2 is 1.67 bits per heavy atom. The number of benzene rings is 1. The van der Waals surface area contributed by atoms with Gasteiger partial charge in [-0.2, -0.15) is 0 Å². The SMILES string of the molecule is CCC(O)(CC)CNCc1ccc(C(C)C)cc1. The van der Waals surface area contributed by atoms with Crippen molar-refractivity contribution in [1.29, 1.82) is 0 Å². The zero-order chi connectivity index (χ0) is 13.6. The van der Waals surface area contributed by atoms with Crippen molar-refractivity contribution in [3.8, 4) is 0 Å². The van der Waals surface area contributed by atoms with Crippen molar-refractivity contribution in [2.24, 2.45) is 0 Å². The van der Waals surface area contributed by atoms with Crippen LogP contribution in [-0.2, 0) is 6.54 Å². The number of hydrogen-bond donors (Lipinski definition) is 2. The van der Waals surface area contributed by atoms with E-state index in [0.29, 0.717) is 12.5 Å². The average molecular weight is 249 g/mol. The second-order valence-electron chi connectivity index (χ2n) is 5.43. The van der Waals surface area contributed by atoms with E-state index < -0.39 is 5.60 Å². The summed E-state index contributed by atoms with van der Waals surface area (Å²) in [4.78, 5) is 0. The third-order valence-electron chi connectivity index (χ3n) is 3.75. The molecule has 2 heteroatoms. The molecule has 102 valence electrons. The van der Waals surface area contributed by atoms with Gasteiger partial charge in [-0.3, -0.25) is 0 Å². The Hall–Kier alpha value is -0.860. The lowest BCUT2D eigenvalue weighted by Crippen LogP contribution is -2.39. The van der Waals surface area contributed by atoms with Gasteiger partial charge in [0.2, 0.25) is 0 Å². The predicted molar refractivity (Wildman–Crippen MR) is 77.8 cm³/mol. The summed E-state index contributed by atoms with van der Waals surface area (Å²) in [5.41, 5.74) is 2.09. The van der Waals surface area contributed by atoms with Gasteiger partial charge in [-0.05, 0) is 29.9 Å². The van der Waals surface area contributed by atoms with Crippen LogP contribution in [0.5, 0.6) is 0 Å². The van der Waals surface area contributed by atoms with Crippen molar-refractivity contribution in [2.75, 3.05) is 6.54 Å². The van der Waals surface area contributed by atoms with Crippen LogP contribution < -0.4 is 5.32 Å². The average Bonchev–Trinajstić information content (AvgIpc) is 2.39. The van der Waals surface area contributed by atoms with Crippen LogP contribution in [0.3, 0.4) is 0 Å². The van der Waals surface area contributed by atoms with E-state index in [1.807, 2.05) is 13.8 Å². The van der Waals surface area contributed by atoms with Crippen LogP contribution in [0.25, 0.3) is 0 Å². The molecule has 18 heavy (non-hydrogen) atoms. The molecule has 0 atom stereocenters. The van der Waals surface area contributed by atoms with Crippen LogP contribution in [0.4, 0.5) is 0 Å². The molecule has 1 aromatic rings. The maximum atomic E-state index is 10.2. The first-order valence-corrected chi connectivity index (χ1v) is 7.02. The highest BCUT2D eigenvalue weighted by molar-refractivity contribution is 5.24. The summed E-state index contributed by atoms with van der Waals surface area (Å²) in [6.07, 6.45) is 1.59. The first-order valence-electron chi connectivity index (χ1n) is 7.02. The predicted octanol–water partition coefficient (Wildman–Crippen LogP) is 3.45. The summed E-state index contributed by atoms with van der Waals surface area (Å²) >= 11 is 0. The lowest BCUT2D eigenvalue weighted by Gasteiger charge is -2.25. The standard InChI is InChI=1S/C16H27NO/c1-5-16(18,6-2)12-17-11-14-7-9-15(10-8-14)13(3)4/h7-10,13,17-18H,5-6,11-12H2,1-4H3. The molecule has 1 aromatic carbocycles. The van der Waals surface area contributed by atoms with E-state index in [0.717, 1.165) is 19.4 Å². The first-order chi connectivity index (χ1) is 8.50. The van der Waals surface area contributed by atoms with E-state index in [1.165, 1.54) is 11.1 Å². The van der Waals surface area contributed by atoms with Gasteiger partial charge in [-0.15, -0.1) is 0 Å². The Labute approximate surface area is 111 Å². The molecule has 0 fully saturated rings. The molecule has 0 bridgehead atoms. The molecule has 2 N–H and O–H groups in total. The molecule has 1 rings (SSSR count). The lowest BCUT2D eigenvalue weighted by molar-refractivity contribution is 0.0323. The fourth-order valence-electron chi connectivity index (χ4n) is 1.96. The summed E-state index contributed by atoms with van der Waals surface area (Å²) < 4.78 is 0. The van der Waals surface area contributed by atoms with E-state index in [2.05, 4.69) is 43.4 Å². The molecule has 0 aliphatic carbocycles. The number of nitrogens with one attached hydrogen (secondary N) is 1. The molecule has 0 spiro atoms. The Morgan fingerprint density at radius 1 is 1.11 bits per heavy atom. The Balaban J connectivity index is 2.44. The monoisotopic (exact) mass is 249 g/mol. The van der Waals surface area contributed by atoms with Crippen molar-refractivity contribution in [2.45, 2.75) is 58.6 Å². The molecule has 0 aliphatic rings. The van der Waals surface area contributed by atoms with Crippen molar-refractivity contribution < 1.29 is 5.11 Å². The summed E-state index contributed by atoms with van der Waals surface area (Å²) in [5, 5.41) is 13.5. The maximum absolute atomic E-state index is 10.2. The van der Waals surface area contributed by atoms with Gasteiger partial charge >= 0.3 is 0 Å². The Bertz CT molecular complexity index is 339. The van der Waals surface area contributed by atoms with Gasteiger partial charge in [0.05, 0.1) is 5.60 Å². The van der Waals surface area contributed by atoms with Crippen LogP contribution >= 0.6 is 0 Å². The molecule has 0 aromatic heterocycles. The summed E-state index contributed by atoms with van der Waals surface area (Å²) in [6.45, 7) is 9.95. The Kier molecular flexibility index (Phi) is 5.83. The quantitative estimate of drug-likeness (QED) is 0.775. The van der Waals surface area contributed by atoms with Crippen LogP contribution in [0.2, 0.25) is 0 Å². The normalized spacial score (nSPS) is 12.1. The van der Waals surface area contributed by atoms with E-state index >= 15 is 0 Å². The number of hydrogen-bond acceptors (Lipinski definition) is 2. The van der Waals surface area contributed by atoms with Crippen molar-refractivity contribution in [3.05, 3.63) is 35.4 Å². The minimum atomic E-state index is -0.558. The van der Waals surface area contributed by atoms with Gasteiger partial charge < -0.3 is 10.4 Å². The van der Waals surface area contributed by atoms with E-state index in [9.17, 15) is 5.11 Å². The van der Waals surface area contributed by atoms with Gasteiger partial charge in [0.1, 0.15) is 0 Å². The summed E-state index contributed by atoms with van der Waals surface area (Å²) in [7, 11) is 0. The number of rotatable bonds is 7. The summed E-state index contributed by atoms with van der Waals surface area (Å²) in [6, 6.07) is 8.71. The summed E-state index contributed by atoms with van der Waals surface area (Å²) in [5.74, 6) is 0.581. The van der Waals surface area contributed by atoms with Gasteiger partial charge in [0.15, 0.2) is 0 Å². The lowest BCUT2D eigenvalue weighted by atomic mass is 9.97.